The summed E-state index contributed by atoms with van der Waals surface area (Å²) < 4.78 is 26.4. The number of hydrogen-bond acceptors (Lipinski definition) is 3. The molecular weight excluding hydrogens is 426 g/mol. The van der Waals surface area contributed by atoms with Gasteiger partial charge >= 0.3 is 0 Å². The molecule has 5 bridgehead atoms. The van der Waals surface area contributed by atoms with Crippen molar-refractivity contribution >= 4 is 19.7 Å². The summed E-state index contributed by atoms with van der Waals surface area (Å²) >= 11 is 0. The van der Waals surface area contributed by atoms with E-state index in [1.807, 2.05) is 0 Å². The Morgan fingerprint density at radius 3 is 2.23 bits per heavy atom. The topological polar surface area (TPSA) is 46.2 Å². The van der Waals surface area contributed by atoms with Gasteiger partial charge in [0.15, 0.2) is 0 Å². The van der Waals surface area contributed by atoms with Crippen molar-refractivity contribution in [3.63, 3.8) is 0 Å². The third-order valence-electron chi connectivity index (χ3n) is 14.4. The van der Waals surface area contributed by atoms with Gasteiger partial charge in [-0.05, 0) is 116 Å². The number of nitrogens with one attached hydrogen (secondary N) is 1. The van der Waals surface area contributed by atoms with Crippen LogP contribution in [0.15, 0.2) is 0 Å². The van der Waals surface area contributed by atoms with Gasteiger partial charge in [0.1, 0.15) is 0 Å². The van der Waals surface area contributed by atoms with Crippen molar-refractivity contribution in [2.75, 3.05) is 6.54 Å². The summed E-state index contributed by atoms with van der Waals surface area (Å²) in [6.45, 7) is 3.73. The van der Waals surface area contributed by atoms with E-state index in [1.165, 1.54) is 70.6 Å². The van der Waals surface area contributed by atoms with Gasteiger partial charge in [0.2, 0.25) is 9.05 Å². The predicted octanol–water partition coefficient (Wildman–Crippen LogP) is 5.77. The molecule has 9 saturated carbocycles. The maximum absolute atomic E-state index is 13.5. The maximum atomic E-state index is 13.5. The van der Waals surface area contributed by atoms with Crippen molar-refractivity contribution in [2.24, 2.45) is 38.4 Å². The van der Waals surface area contributed by atoms with E-state index in [0.717, 1.165) is 38.1 Å². The van der Waals surface area contributed by atoms with Gasteiger partial charge in [-0.2, -0.15) is 0 Å². The van der Waals surface area contributed by atoms with Crippen LogP contribution in [0.2, 0.25) is 0 Å². The van der Waals surface area contributed by atoms with Crippen LogP contribution in [0.1, 0.15) is 103 Å². The minimum Gasteiger partial charge on any atom is -0.313 e. The fraction of sp³-hybridized carbons (Fsp3) is 1.00. The number of halogens is 1. The molecule has 0 aromatic heterocycles. The summed E-state index contributed by atoms with van der Waals surface area (Å²) in [4.78, 5) is 0. The first-order valence-electron chi connectivity index (χ1n) is 13.3. The summed E-state index contributed by atoms with van der Waals surface area (Å²) in [6, 6.07) is 0.357. The molecule has 5 atom stereocenters. The van der Waals surface area contributed by atoms with Crippen molar-refractivity contribution in [3.8, 4) is 0 Å². The first-order chi connectivity index (χ1) is 14.7. The van der Waals surface area contributed by atoms with Gasteiger partial charge in [-0.1, -0.05) is 19.8 Å². The number of fused-ring (bicyclic) bond motifs is 2. The molecule has 31 heavy (non-hydrogen) atoms. The average Bonchev–Trinajstić information content (AvgIpc) is 2.76. The van der Waals surface area contributed by atoms with Crippen LogP contribution in [0.4, 0.5) is 0 Å². The largest absolute Gasteiger partial charge is 0.313 e. The SMILES string of the molecule is CC12CCC3CCCC4(S(=O)(=O)Cl)CC(NC1)C3(C13CCCC4(C1)C3)C13CCC21CC3. The van der Waals surface area contributed by atoms with Crippen LogP contribution < -0.4 is 5.32 Å². The van der Waals surface area contributed by atoms with Crippen molar-refractivity contribution in [1.29, 1.82) is 0 Å². The van der Waals surface area contributed by atoms with Gasteiger partial charge < -0.3 is 5.32 Å². The van der Waals surface area contributed by atoms with E-state index in [9.17, 15) is 8.42 Å². The van der Waals surface area contributed by atoms with Crippen LogP contribution in [0.5, 0.6) is 0 Å². The van der Waals surface area contributed by atoms with E-state index in [1.54, 1.807) is 0 Å². The van der Waals surface area contributed by atoms with Gasteiger partial charge in [-0.25, -0.2) is 8.42 Å². The number of hydrogen-bond donors (Lipinski definition) is 1. The highest BCUT2D eigenvalue weighted by atomic mass is 35.7. The Labute approximate surface area is 192 Å². The first kappa shape index (κ1) is 19.5. The van der Waals surface area contributed by atoms with E-state index in [-0.39, 0.29) is 5.41 Å². The molecule has 1 N–H and O–H groups in total. The first-order valence-corrected chi connectivity index (χ1v) is 15.6. The molecule has 5 unspecified atom stereocenters. The zero-order valence-electron chi connectivity index (χ0n) is 19.1. The average molecular weight is 464 g/mol. The fourth-order valence-electron chi connectivity index (χ4n) is 13.8. The van der Waals surface area contributed by atoms with Crippen LogP contribution in [-0.2, 0) is 9.05 Å². The van der Waals surface area contributed by atoms with Crippen molar-refractivity contribution in [1.82, 2.24) is 5.32 Å². The van der Waals surface area contributed by atoms with Crippen LogP contribution >= 0.6 is 10.7 Å². The van der Waals surface area contributed by atoms with Gasteiger partial charge in [0.25, 0.3) is 0 Å². The molecule has 0 aromatic rings. The second-order valence-electron chi connectivity index (χ2n) is 14.1. The fourth-order valence-corrected chi connectivity index (χ4v) is 16.2. The minimum absolute atomic E-state index is 0.0360. The van der Waals surface area contributed by atoms with E-state index < -0.39 is 13.8 Å². The van der Waals surface area contributed by atoms with Crippen molar-refractivity contribution < 1.29 is 8.42 Å². The second kappa shape index (κ2) is 5.08. The standard InChI is InChI=1S/C26H38ClNO2S/c1-20-9-5-18-4-2-8-25(31(27,29)30)14-19(28-17-20)26(18,24-12-10-23(20,24)11-13-24)22-7-3-6-21(25,15-22)16-22/h18-19,28H,2-17H2,1H3. The highest BCUT2D eigenvalue weighted by Gasteiger charge is 2.90. The predicted molar refractivity (Wildman–Crippen MR) is 122 cm³/mol. The molecule has 0 radical (unpaired) electrons. The monoisotopic (exact) mass is 463 g/mol. The molecule has 1 spiro atoms. The number of rotatable bonds is 1. The quantitative estimate of drug-likeness (QED) is 0.502. The molecule has 9 aliphatic carbocycles. The molecule has 10 fully saturated rings. The van der Waals surface area contributed by atoms with Crippen molar-refractivity contribution in [2.45, 2.75) is 114 Å². The lowest BCUT2D eigenvalue weighted by molar-refractivity contribution is -0.352. The molecule has 0 aromatic carbocycles. The molecule has 1 heterocycles. The molecule has 3 nitrogen and oxygen atoms in total. The van der Waals surface area contributed by atoms with Crippen LogP contribution in [0.3, 0.4) is 0 Å². The zero-order chi connectivity index (χ0) is 21.2. The van der Waals surface area contributed by atoms with E-state index in [0.29, 0.717) is 33.1 Å². The summed E-state index contributed by atoms with van der Waals surface area (Å²) in [5.74, 6) is 0.789. The van der Waals surface area contributed by atoms with Gasteiger partial charge in [0.05, 0.1) is 4.75 Å². The lowest BCUT2D eigenvalue weighted by Gasteiger charge is -2.84. The van der Waals surface area contributed by atoms with Crippen LogP contribution in [0, 0.1) is 38.4 Å². The smallest absolute Gasteiger partial charge is 0.238 e. The van der Waals surface area contributed by atoms with E-state index in [2.05, 4.69) is 12.2 Å². The van der Waals surface area contributed by atoms with Gasteiger partial charge in [-0.15, -0.1) is 0 Å². The highest BCUT2D eigenvalue weighted by Crippen LogP contribution is 2.94. The third-order valence-corrected chi connectivity index (χ3v) is 17.1. The molecule has 1 saturated heterocycles. The molecule has 0 amide bonds. The summed E-state index contributed by atoms with van der Waals surface area (Å²) in [5.41, 5.74) is 2.07. The Morgan fingerprint density at radius 2 is 1.55 bits per heavy atom. The zero-order valence-corrected chi connectivity index (χ0v) is 20.6. The highest BCUT2D eigenvalue weighted by molar-refractivity contribution is 8.14. The molecule has 1 aliphatic heterocycles. The van der Waals surface area contributed by atoms with Crippen LogP contribution in [0.25, 0.3) is 0 Å². The van der Waals surface area contributed by atoms with E-state index in [4.69, 9.17) is 10.7 Å². The Balaban J connectivity index is 1.48. The Bertz CT molecular complexity index is 993. The third kappa shape index (κ3) is 1.56. The Morgan fingerprint density at radius 1 is 0.839 bits per heavy atom. The van der Waals surface area contributed by atoms with Crippen LogP contribution in [-0.4, -0.2) is 25.8 Å². The molecule has 10 aliphatic rings. The van der Waals surface area contributed by atoms with Gasteiger partial charge in [-0.3, -0.25) is 0 Å². The molecule has 5 heteroatoms. The molecular formula is C26H38ClNO2S. The summed E-state index contributed by atoms with van der Waals surface area (Å²) in [5, 5.41) is 4.21. The Hall–Kier alpha value is 0.200. The van der Waals surface area contributed by atoms with Gasteiger partial charge in [0, 0.05) is 28.7 Å². The second-order valence-corrected chi connectivity index (χ2v) is 16.9. The molecule has 10 rings (SSSR count). The lowest BCUT2D eigenvalue weighted by Crippen LogP contribution is -2.78. The summed E-state index contributed by atoms with van der Waals surface area (Å²) in [6.07, 6.45) is 18.5. The lowest BCUT2D eigenvalue weighted by atomic mass is 9.20. The minimum atomic E-state index is -3.63. The maximum Gasteiger partial charge on any atom is 0.238 e. The normalized spacial score (nSPS) is 65.4. The van der Waals surface area contributed by atoms with Crippen molar-refractivity contribution in [3.05, 3.63) is 0 Å². The Kier molecular flexibility index (Phi) is 3.20. The van der Waals surface area contributed by atoms with E-state index >= 15 is 0 Å². The summed E-state index contributed by atoms with van der Waals surface area (Å²) in [7, 11) is 2.90. The molecule has 172 valence electrons.